The van der Waals surface area contributed by atoms with Crippen LogP contribution in [0.1, 0.15) is 76.8 Å². The molecule has 31 heavy (non-hydrogen) atoms. The highest BCUT2D eigenvalue weighted by Crippen LogP contribution is 2.30. The lowest BCUT2D eigenvalue weighted by molar-refractivity contribution is 0.247. The summed E-state index contributed by atoms with van der Waals surface area (Å²) in [6.45, 7) is 10.9. The molecule has 0 amide bonds. The Morgan fingerprint density at radius 2 is 1.45 bits per heavy atom. The van der Waals surface area contributed by atoms with E-state index in [4.69, 9.17) is 0 Å². The molecule has 0 radical (unpaired) electrons. The number of sulfonamides is 1. The first-order valence-corrected chi connectivity index (χ1v) is 13.3. The van der Waals surface area contributed by atoms with Crippen molar-refractivity contribution in [2.75, 3.05) is 18.0 Å². The van der Waals surface area contributed by atoms with Gasteiger partial charge in [-0.15, -0.1) is 0 Å². The van der Waals surface area contributed by atoms with Gasteiger partial charge < -0.3 is 4.90 Å². The highest BCUT2D eigenvalue weighted by atomic mass is 32.2. The van der Waals surface area contributed by atoms with Crippen LogP contribution in [0, 0.1) is 0 Å². The Kier molecular flexibility index (Phi) is 8.17. The molecule has 0 atom stereocenters. The van der Waals surface area contributed by atoms with E-state index in [2.05, 4.69) is 56.9 Å². The van der Waals surface area contributed by atoms with Crippen molar-refractivity contribution in [1.29, 1.82) is 0 Å². The van der Waals surface area contributed by atoms with Gasteiger partial charge in [0.25, 0.3) is 0 Å². The zero-order valence-electron chi connectivity index (χ0n) is 19.5. The van der Waals surface area contributed by atoms with Crippen molar-refractivity contribution in [1.82, 2.24) is 4.31 Å². The summed E-state index contributed by atoms with van der Waals surface area (Å²) in [5.74, 6) is 0.385. The van der Waals surface area contributed by atoms with Gasteiger partial charge in [-0.25, -0.2) is 8.42 Å². The zero-order chi connectivity index (χ0) is 22.4. The van der Waals surface area contributed by atoms with Crippen molar-refractivity contribution < 1.29 is 8.42 Å². The first-order valence-electron chi connectivity index (χ1n) is 11.8. The van der Waals surface area contributed by atoms with E-state index in [1.165, 1.54) is 12.1 Å². The number of hydrogen-bond acceptors (Lipinski definition) is 3. The maximum atomic E-state index is 13.7. The van der Waals surface area contributed by atoms with Crippen molar-refractivity contribution >= 4 is 15.7 Å². The highest BCUT2D eigenvalue weighted by Gasteiger charge is 2.32. The van der Waals surface area contributed by atoms with Crippen LogP contribution < -0.4 is 4.90 Å². The molecule has 2 aromatic rings. The molecule has 0 N–H and O–H groups in total. The van der Waals surface area contributed by atoms with Crippen LogP contribution in [0.15, 0.2) is 53.4 Å². The van der Waals surface area contributed by atoms with Crippen molar-refractivity contribution in [2.45, 2.75) is 83.2 Å². The van der Waals surface area contributed by atoms with Crippen LogP contribution >= 0.6 is 0 Å². The van der Waals surface area contributed by atoms with Crippen LogP contribution in [-0.2, 0) is 16.6 Å². The number of nitrogens with zero attached hydrogens (tertiary/aromatic N) is 2. The second-order valence-electron chi connectivity index (χ2n) is 8.90. The molecule has 0 saturated heterocycles. The van der Waals surface area contributed by atoms with E-state index in [1.807, 2.05) is 12.1 Å². The summed E-state index contributed by atoms with van der Waals surface area (Å²) in [4.78, 5) is 2.71. The second kappa shape index (κ2) is 10.6. The minimum absolute atomic E-state index is 0.0750. The van der Waals surface area contributed by atoms with Crippen LogP contribution in [0.4, 0.5) is 5.69 Å². The molecule has 0 unspecified atom stereocenters. The van der Waals surface area contributed by atoms with Crippen molar-refractivity contribution in [3.8, 4) is 0 Å². The molecule has 1 aliphatic rings. The van der Waals surface area contributed by atoms with Crippen molar-refractivity contribution in [3.63, 3.8) is 0 Å². The Labute approximate surface area is 189 Å². The minimum atomic E-state index is -3.55. The molecule has 0 bridgehead atoms. The van der Waals surface area contributed by atoms with E-state index >= 15 is 0 Å². The van der Waals surface area contributed by atoms with Crippen LogP contribution in [0.5, 0.6) is 0 Å². The summed E-state index contributed by atoms with van der Waals surface area (Å²) in [6, 6.07) is 15.9. The fraction of sp³-hybridized carbons (Fsp3) is 0.538. The number of hydrogen-bond donors (Lipinski definition) is 0. The molecule has 170 valence electrons. The monoisotopic (exact) mass is 442 g/mol. The van der Waals surface area contributed by atoms with E-state index < -0.39 is 10.0 Å². The van der Waals surface area contributed by atoms with Gasteiger partial charge in [0.15, 0.2) is 0 Å². The van der Waals surface area contributed by atoms with E-state index in [0.29, 0.717) is 17.4 Å². The zero-order valence-corrected chi connectivity index (χ0v) is 20.4. The maximum absolute atomic E-state index is 13.7. The van der Waals surface area contributed by atoms with Gasteiger partial charge in [0, 0.05) is 31.4 Å². The van der Waals surface area contributed by atoms with E-state index in [1.54, 1.807) is 16.4 Å². The van der Waals surface area contributed by atoms with Crippen LogP contribution in [0.3, 0.4) is 0 Å². The SMILES string of the molecule is CCN(CC)c1ccc(CN(C2CCCCC2)S(=O)(=O)c2ccc(C(C)C)cc2)cc1. The Bertz CT molecular complexity index is 911. The third-order valence-corrected chi connectivity index (χ3v) is 8.45. The fourth-order valence-electron chi connectivity index (χ4n) is 4.52. The Morgan fingerprint density at radius 1 is 0.871 bits per heavy atom. The van der Waals surface area contributed by atoms with Crippen molar-refractivity contribution in [3.05, 3.63) is 59.7 Å². The quantitative estimate of drug-likeness (QED) is 0.465. The lowest BCUT2D eigenvalue weighted by atomic mass is 9.95. The molecule has 1 aliphatic carbocycles. The van der Waals surface area contributed by atoms with Gasteiger partial charge >= 0.3 is 0 Å². The van der Waals surface area contributed by atoms with Crippen LogP contribution in [0.2, 0.25) is 0 Å². The third kappa shape index (κ3) is 5.69. The highest BCUT2D eigenvalue weighted by molar-refractivity contribution is 7.89. The van der Waals surface area contributed by atoms with Crippen LogP contribution in [0.25, 0.3) is 0 Å². The molecule has 1 saturated carbocycles. The first-order chi connectivity index (χ1) is 14.9. The van der Waals surface area contributed by atoms with Gasteiger partial charge in [-0.05, 0) is 68.0 Å². The maximum Gasteiger partial charge on any atom is 0.243 e. The summed E-state index contributed by atoms with van der Waals surface area (Å²) in [5, 5.41) is 0. The van der Waals surface area contributed by atoms with E-state index in [-0.39, 0.29) is 6.04 Å². The largest absolute Gasteiger partial charge is 0.372 e. The van der Waals surface area contributed by atoms with Gasteiger partial charge in [0.2, 0.25) is 10.0 Å². The topological polar surface area (TPSA) is 40.6 Å². The van der Waals surface area contributed by atoms with Gasteiger partial charge in [-0.3, -0.25) is 0 Å². The average Bonchev–Trinajstić information content (AvgIpc) is 2.79. The molecule has 2 aromatic carbocycles. The molecular formula is C26H38N2O2S. The van der Waals surface area contributed by atoms with E-state index in [0.717, 1.165) is 49.9 Å². The molecular weight excluding hydrogens is 404 g/mol. The van der Waals surface area contributed by atoms with E-state index in [9.17, 15) is 8.42 Å². The molecule has 5 heteroatoms. The minimum Gasteiger partial charge on any atom is -0.372 e. The summed E-state index contributed by atoms with van der Waals surface area (Å²) >= 11 is 0. The van der Waals surface area contributed by atoms with Gasteiger partial charge in [0.05, 0.1) is 4.90 Å². The Morgan fingerprint density at radius 3 is 1.97 bits per heavy atom. The molecule has 1 fully saturated rings. The number of anilines is 1. The molecule has 3 rings (SSSR count). The Balaban J connectivity index is 1.89. The second-order valence-corrected chi connectivity index (χ2v) is 10.8. The van der Waals surface area contributed by atoms with Gasteiger partial charge in [-0.2, -0.15) is 4.31 Å². The smallest absolute Gasteiger partial charge is 0.243 e. The molecule has 4 nitrogen and oxygen atoms in total. The molecule has 0 aromatic heterocycles. The standard InChI is InChI=1S/C26H38N2O2S/c1-5-27(6-2)24-16-12-22(13-17-24)20-28(25-10-8-7-9-11-25)31(29,30)26-18-14-23(15-19-26)21(3)4/h12-19,21,25H,5-11,20H2,1-4H3. The Hall–Kier alpha value is -1.85. The first kappa shape index (κ1) is 23.8. The van der Waals surface area contributed by atoms with Gasteiger partial charge in [-0.1, -0.05) is 57.4 Å². The summed E-state index contributed by atoms with van der Waals surface area (Å²) in [7, 11) is -3.55. The lowest BCUT2D eigenvalue weighted by Crippen LogP contribution is -2.40. The summed E-state index contributed by atoms with van der Waals surface area (Å²) in [5.41, 5.74) is 3.39. The summed E-state index contributed by atoms with van der Waals surface area (Å²) in [6.07, 6.45) is 5.29. The molecule has 0 spiro atoms. The molecule has 0 heterocycles. The van der Waals surface area contributed by atoms with Crippen LogP contribution in [-0.4, -0.2) is 31.9 Å². The predicted molar refractivity (Wildman–Crippen MR) is 130 cm³/mol. The average molecular weight is 443 g/mol. The number of rotatable bonds is 9. The molecule has 0 aliphatic heterocycles. The normalized spacial score (nSPS) is 15.5. The fourth-order valence-corrected chi connectivity index (χ4v) is 6.19. The lowest BCUT2D eigenvalue weighted by Gasteiger charge is -2.33. The third-order valence-electron chi connectivity index (χ3n) is 6.54. The summed E-state index contributed by atoms with van der Waals surface area (Å²) < 4.78 is 29.2. The van der Waals surface area contributed by atoms with Gasteiger partial charge in [0.1, 0.15) is 0 Å². The number of benzene rings is 2. The predicted octanol–water partition coefficient (Wildman–Crippen LogP) is 6.18. The van der Waals surface area contributed by atoms with Crippen molar-refractivity contribution in [2.24, 2.45) is 0 Å².